The highest BCUT2D eigenvalue weighted by molar-refractivity contribution is 5.33. The molecule has 0 aromatic rings. The summed E-state index contributed by atoms with van der Waals surface area (Å²) in [5.74, 6) is -8.23. The van der Waals surface area contributed by atoms with Crippen LogP contribution >= 0.6 is 0 Å². The molecule has 0 aromatic carbocycles. The van der Waals surface area contributed by atoms with Gasteiger partial charge in [0.05, 0.1) is 0 Å². The molecule has 2 unspecified atom stereocenters. The van der Waals surface area contributed by atoms with E-state index in [1.54, 1.807) is 0 Å². The summed E-state index contributed by atoms with van der Waals surface area (Å²) in [6.07, 6.45) is -1.67. The van der Waals surface area contributed by atoms with Crippen LogP contribution in [0.1, 0.15) is 12.8 Å². The molecule has 12 heavy (non-hydrogen) atoms. The van der Waals surface area contributed by atoms with E-state index in [-0.39, 0.29) is 0 Å². The molecule has 2 atom stereocenters. The summed E-state index contributed by atoms with van der Waals surface area (Å²) in [5.41, 5.74) is -3.36. The van der Waals surface area contributed by atoms with Crippen molar-refractivity contribution in [3.8, 4) is 0 Å². The van der Waals surface area contributed by atoms with Crippen LogP contribution in [0.5, 0.6) is 0 Å². The molecule has 0 amide bonds. The fourth-order valence-corrected chi connectivity index (χ4v) is 1.83. The fourth-order valence-electron chi connectivity index (χ4n) is 1.83. The van der Waals surface area contributed by atoms with Crippen LogP contribution in [0.4, 0.5) is 22.0 Å². The van der Waals surface area contributed by atoms with Crippen LogP contribution in [0.2, 0.25) is 0 Å². The largest absolute Gasteiger partial charge is 0.288 e. The topological polar surface area (TPSA) is 0 Å². The van der Waals surface area contributed by atoms with Gasteiger partial charge in [0.1, 0.15) is 5.83 Å². The van der Waals surface area contributed by atoms with E-state index in [0.717, 1.165) is 0 Å². The summed E-state index contributed by atoms with van der Waals surface area (Å²) >= 11 is 0. The van der Waals surface area contributed by atoms with Crippen LogP contribution in [-0.2, 0) is 0 Å². The summed E-state index contributed by atoms with van der Waals surface area (Å²) in [7, 11) is 0. The molecule has 0 aromatic heterocycles. The lowest BCUT2D eigenvalue weighted by molar-refractivity contribution is -0.108. The number of hydrogen-bond donors (Lipinski definition) is 0. The zero-order valence-electron chi connectivity index (χ0n) is 5.88. The normalized spacial score (nSPS) is 44.2. The Hall–Kier alpha value is -0.610. The SMILES string of the molecule is FC1=C(F)C2(F)CC1CC2(F)F. The highest BCUT2D eigenvalue weighted by Crippen LogP contribution is 2.61. The second-order valence-electron chi connectivity index (χ2n) is 3.27. The number of fused-ring (bicyclic) bond motifs is 2. The molecule has 0 saturated heterocycles. The molecule has 2 aliphatic carbocycles. The van der Waals surface area contributed by atoms with E-state index >= 15 is 0 Å². The number of rotatable bonds is 0. The summed E-state index contributed by atoms with van der Waals surface area (Å²) in [4.78, 5) is 0. The number of allylic oxidation sites excluding steroid dienone is 2. The Labute approximate surface area is 65.1 Å². The highest BCUT2D eigenvalue weighted by atomic mass is 19.3. The first-order valence-corrected chi connectivity index (χ1v) is 3.51. The molecule has 0 nitrogen and oxygen atoms in total. The predicted molar refractivity (Wildman–Crippen MR) is 30.8 cm³/mol. The summed E-state index contributed by atoms with van der Waals surface area (Å²) in [6.45, 7) is 0. The van der Waals surface area contributed by atoms with E-state index in [1.807, 2.05) is 0 Å². The van der Waals surface area contributed by atoms with Gasteiger partial charge in [-0.1, -0.05) is 0 Å². The molecule has 68 valence electrons. The summed E-state index contributed by atoms with van der Waals surface area (Å²) in [5, 5.41) is 0. The Morgan fingerprint density at radius 2 is 1.67 bits per heavy atom. The Morgan fingerprint density at radius 1 is 1.08 bits per heavy atom. The number of halogens is 5. The monoisotopic (exact) mass is 184 g/mol. The lowest BCUT2D eigenvalue weighted by atomic mass is 9.99. The average Bonchev–Trinajstić information content (AvgIpc) is 2.29. The van der Waals surface area contributed by atoms with Gasteiger partial charge in [0.2, 0.25) is 5.67 Å². The zero-order valence-corrected chi connectivity index (χ0v) is 5.88. The minimum Gasteiger partial charge on any atom is -0.229 e. The molecule has 0 heterocycles. The second-order valence-corrected chi connectivity index (χ2v) is 3.27. The summed E-state index contributed by atoms with van der Waals surface area (Å²) in [6, 6.07) is 0. The summed E-state index contributed by atoms with van der Waals surface area (Å²) < 4.78 is 63.4. The molecular formula is C7H5F5. The molecule has 5 heteroatoms. The van der Waals surface area contributed by atoms with Crippen molar-refractivity contribution in [1.29, 1.82) is 0 Å². The molecule has 0 N–H and O–H groups in total. The molecule has 1 fully saturated rings. The van der Waals surface area contributed by atoms with Gasteiger partial charge in [-0.3, -0.25) is 0 Å². The van der Waals surface area contributed by atoms with Crippen LogP contribution in [0.25, 0.3) is 0 Å². The van der Waals surface area contributed by atoms with E-state index in [2.05, 4.69) is 0 Å². The maximum absolute atomic E-state index is 13.1. The highest BCUT2D eigenvalue weighted by Gasteiger charge is 2.70. The van der Waals surface area contributed by atoms with Crippen molar-refractivity contribution >= 4 is 0 Å². The van der Waals surface area contributed by atoms with Gasteiger partial charge in [-0.05, 0) is 0 Å². The minimum atomic E-state index is -3.74. The maximum Gasteiger partial charge on any atom is 0.288 e. The third-order valence-corrected chi connectivity index (χ3v) is 2.53. The Balaban J connectivity index is 2.51. The Bertz CT molecular complexity index is 269. The molecule has 2 aliphatic rings. The lowest BCUT2D eigenvalue weighted by Gasteiger charge is -2.25. The van der Waals surface area contributed by atoms with Crippen molar-refractivity contribution < 1.29 is 22.0 Å². The van der Waals surface area contributed by atoms with Crippen LogP contribution in [0.3, 0.4) is 0 Å². The first-order chi connectivity index (χ1) is 5.38. The van der Waals surface area contributed by atoms with Crippen molar-refractivity contribution in [2.75, 3.05) is 0 Å². The van der Waals surface area contributed by atoms with E-state index in [9.17, 15) is 22.0 Å². The number of hydrogen-bond acceptors (Lipinski definition) is 0. The van der Waals surface area contributed by atoms with Crippen LogP contribution in [0.15, 0.2) is 11.7 Å². The van der Waals surface area contributed by atoms with Crippen molar-refractivity contribution in [2.45, 2.75) is 24.4 Å². The molecule has 0 aliphatic heterocycles. The van der Waals surface area contributed by atoms with Crippen molar-refractivity contribution in [1.82, 2.24) is 0 Å². The third-order valence-electron chi connectivity index (χ3n) is 2.53. The third kappa shape index (κ3) is 0.630. The standard InChI is InChI=1S/C7H5F5/c8-4-3-1-6(10,5(4)9)7(11,12)2-3/h3H,1-2H2. The van der Waals surface area contributed by atoms with Crippen molar-refractivity contribution in [2.24, 2.45) is 5.92 Å². The van der Waals surface area contributed by atoms with E-state index in [0.29, 0.717) is 0 Å². The van der Waals surface area contributed by atoms with Gasteiger partial charge in [-0.25, -0.2) is 22.0 Å². The first kappa shape index (κ1) is 8.01. The van der Waals surface area contributed by atoms with Gasteiger partial charge in [0, 0.05) is 18.8 Å². The number of alkyl halides is 3. The van der Waals surface area contributed by atoms with Crippen LogP contribution in [-0.4, -0.2) is 11.6 Å². The van der Waals surface area contributed by atoms with Crippen molar-refractivity contribution in [3.63, 3.8) is 0 Å². The van der Waals surface area contributed by atoms with Gasteiger partial charge < -0.3 is 0 Å². The lowest BCUT2D eigenvalue weighted by Crippen LogP contribution is -2.40. The molecule has 0 radical (unpaired) electrons. The van der Waals surface area contributed by atoms with Gasteiger partial charge in [-0.15, -0.1) is 0 Å². The molecular weight excluding hydrogens is 179 g/mol. The predicted octanol–water partition coefficient (Wildman–Crippen LogP) is 2.90. The van der Waals surface area contributed by atoms with Gasteiger partial charge in [0.15, 0.2) is 5.83 Å². The van der Waals surface area contributed by atoms with E-state index < -0.39 is 42.0 Å². The van der Waals surface area contributed by atoms with E-state index in [1.165, 1.54) is 0 Å². The van der Waals surface area contributed by atoms with Crippen LogP contribution in [0, 0.1) is 5.92 Å². The minimum absolute atomic E-state index is 0.752. The van der Waals surface area contributed by atoms with Gasteiger partial charge in [-0.2, -0.15) is 0 Å². The second kappa shape index (κ2) is 1.83. The fraction of sp³-hybridized carbons (Fsp3) is 0.714. The molecule has 2 rings (SSSR count). The van der Waals surface area contributed by atoms with Crippen LogP contribution < -0.4 is 0 Å². The Morgan fingerprint density at radius 3 is 2.00 bits per heavy atom. The first-order valence-electron chi connectivity index (χ1n) is 3.51. The zero-order chi connectivity index (χ0) is 9.15. The molecule has 0 spiro atoms. The maximum atomic E-state index is 13.1. The molecule has 1 saturated carbocycles. The Kier molecular flexibility index (Phi) is 1.22. The molecule has 2 bridgehead atoms. The smallest absolute Gasteiger partial charge is 0.229 e. The van der Waals surface area contributed by atoms with Gasteiger partial charge in [0.25, 0.3) is 5.92 Å². The van der Waals surface area contributed by atoms with E-state index in [4.69, 9.17) is 0 Å². The van der Waals surface area contributed by atoms with Crippen molar-refractivity contribution in [3.05, 3.63) is 11.7 Å². The van der Waals surface area contributed by atoms with Gasteiger partial charge >= 0.3 is 0 Å². The average molecular weight is 184 g/mol. The quantitative estimate of drug-likeness (QED) is 0.508.